The first kappa shape index (κ1) is 115. The van der Waals surface area contributed by atoms with E-state index in [9.17, 15) is 33.6 Å². The Balaban J connectivity index is 0.000000180. The average molecular weight is 2460 g/mol. The maximum atomic E-state index is 12.5. The Morgan fingerprint density at radius 2 is 0.942 bits per heavy atom. The van der Waals surface area contributed by atoms with Crippen LogP contribution in [0.15, 0.2) is 92.6 Å². The molecule has 0 saturated carbocycles. The fourth-order valence-electron chi connectivity index (χ4n) is 14.8. The van der Waals surface area contributed by atoms with Crippen LogP contribution in [0.4, 0.5) is 25.7 Å². The van der Waals surface area contributed by atoms with Gasteiger partial charge >= 0.3 is 265 Å². The number of hydrogen-bond donors (Lipinski definition) is 6. The number of methoxy groups -OCH3 is 2. The van der Waals surface area contributed by atoms with Crippen molar-refractivity contribution in [2.45, 2.75) is 114 Å². The van der Waals surface area contributed by atoms with E-state index >= 15 is 0 Å². The molecule has 4 amide bonds. The Morgan fingerprint density at radius 3 is 1.38 bits per heavy atom. The number of carbonyl (C=O) groups excluding carboxylic acids is 7. The van der Waals surface area contributed by atoms with Gasteiger partial charge in [-0.05, 0) is 86.8 Å². The Kier molecular flexibility index (Phi) is 49.6. The third kappa shape index (κ3) is 35.4. The van der Waals surface area contributed by atoms with E-state index in [1.165, 1.54) is 113 Å². The van der Waals surface area contributed by atoms with Crippen molar-refractivity contribution < 1.29 is 71.5 Å². The first-order valence-corrected chi connectivity index (χ1v) is 75.0. The molecular formula is C94H131Br3Cl2N16O15S5SiSn2. The van der Waals surface area contributed by atoms with Crippen LogP contribution in [0.3, 0.4) is 0 Å². The molecule has 5 saturated heterocycles. The standard InChI is InChI=1S/C19H18ClN3O4S.C11H12BrN3O2S.C11H13N3O2S.C11H12N3O2S.C10H13BrN2O3S.C8H6BrClO2.C6H15NSi.3C4H9.C3H6N.3CH3.2Sn/c1-26-18(25)13-10-11(2-3-14(13)20)12-4-5-21-17(24)16-15(12)22-19(28-16)23-6-8-27-9-7-23;12-7-1-2-13-10(16)9-8(7)14-11(18-9)15-3-5-17-6-4-15;2*15-10-9-8(2-1-3-12-10)13-11(17-9)14-4-6-16-7-5-14;1-2-16-9(14)7-8(11)12-10(17-7)13-3-5-15-6-4-13;1-12-8(11)6-4-5(9)2-3-7(6)10;1-5-6-7-8(2,3)4;3*1-3-4-2;1-2-3-4;;;;;/h2-4,10H,5-9H2,1H3,(H,21,24);1H,2-6H2,(H,13,16);1-2H,3-7H2,(H,12,15);1H,3-7H2,(H,12,15);2-6H2,1H3;2-4H,1H3;5,7H,1,6H2,2-4H3;3*1,3-4H2,2H3;1-2H,3-4H2;3*1H3;;. The number of anilines is 5. The fourth-order valence-corrected chi connectivity index (χ4v) is 41.9. The predicted molar refractivity (Wildman–Crippen MR) is 581 cm³/mol. The Hall–Kier alpha value is -6.13. The number of halogens is 5. The van der Waals surface area contributed by atoms with Gasteiger partial charge in [-0.15, -0.1) is 6.58 Å². The molecule has 9 aliphatic heterocycles. The number of carbonyl (C=O) groups is 7. The number of rotatable bonds is 25. The molecule has 0 radical (unpaired) electrons. The number of aromatic nitrogens is 5. The monoisotopic (exact) mass is 2460 g/mol. The summed E-state index contributed by atoms with van der Waals surface area (Å²) < 4.78 is 51.9. The molecule has 16 rings (SSSR count). The maximum absolute atomic E-state index is 12.5. The molecule has 44 heteroatoms. The molecule has 9 aliphatic rings. The van der Waals surface area contributed by atoms with E-state index in [4.69, 9.17) is 72.1 Å². The van der Waals surface area contributed by atoms with Gasteiger partial charge in [-0.1, -0.05) is 128 Å². The number of nitrogens with two attached hydrogens (primary N) is 1. The number of hydrogen-bond acceptors (Lipinski definition) is 32. The van der Waals surface area contributed by atoms with E-state index < -0.39 is 56.9 Å². The zero-order chi connectivity index (χ0) is 99.9. The van der Waals surface area contributed by atoms with Crippen molar-refractivity contribution in [2.24, 2.45) is 5.73 Å². The van der Waals surface area contributed by atoms with Crippen LogP contribution in [0, 0.1) is 0 Å². The van der Waals surface area contributed by atoms with Gasteiger partial charge in [0.2, 0.25) is 0 Å². The molecule has 0 atom stereocenters. The van der Waals surface area contributed by atoms with Crippen LogP contribution in [0.1, 0.15) is 164 Å². The van der Waals surface area contributed by atoms with Gasteiger partial charge in [0.25, 0.3) is 17.7 Å². The van der Waals surface area contributed by atoms with Crippen molar-refractivity contribution in [2.75, 3.05) is 216 Å². The van der Waals surface area contributed by atoms with Gasteiger partial charge in [-0.25, -0.2) is 34.3 Å². The molecular weight excluding hydrogens is 2330 g/mol. The summed E-state index contributed by atoms with van der Waals surface area (Å²) in [4.78, 5) is 131. The minimum atomic E-state index is -2.31. The SMILES string of the molecule is C=CCN[Si](C)(C)C.CCC[CH2][Sn](/[CH]=C\CN)([CH2]CCC)[CH2]CCC.CCOC(=O)c1sc(N2CCOCC2)nc1Br.COC(=O)c1cc(Br)ccc1Cl.COC(=O)c1cc(C2=CCNC(=O)c3sc(N4CCOCC4)nc32)ccc1Cl.O=C1NCC=C(Br)c2nc(N3CCOCC3)sc21.O=C1NCC=Cc2nc(N3CCOCC3)sc21.[CH3][Sn]([CH3])([CH3])[C]1=CCNC(=O)c2sc(N3CCOCC3)nc21. The van der Waals surface area contributed by atoms with Gasteiger partial charge in [0.1, 0.15) is 38.0 Å². The summed E-state index contributed by atoms with van der Waals surface area (Å²) in [6.45, 7) is 38.6. The Labute approximate surface area is 875 Å². The molecule has 0 bridgehead atoms. The topological polar surface area (TPSA) is 360 Å². The number of ether oxygens (including phenoxy) is 8. The molecule has 754 valence electrons. The number of esters is 3. The van der Waals surface area contributed by atoms with Crippen molar-refractivity contribution in [1.82, 2.24) is 51.2 Å². The van der Waals surface area contributed by atoms with Crippen LogP contribution < -0.4 is 56.5 Å². The molecule has 14 heterocycles. The summed E-state index contributed by atoms with van der Waals surface area (Å²) in [5.41, 5.74) is 10.9. The fraction of sp³-hybridized carbons (Fsp3) is 0.511. The zero-order valence-corrected chi connectivity index (χ0v) is 97.9. The predicted octanol–water partition coefficient (Wildman–Crippen LogP) is 18.1. The van der Waals surface area contributed by atoms with Crippen molar-refractivity contribution in [3.63, 3.8) is 0 Å². The third-order valence-electron chi connectivity index (χ3n) is 22.1. The van der Waals surface area contributed by atoms with E-state index in [0.29, 0.717) is 118 Å². The number of nitrogens with one attached hydrogen (secondary N) is 5. The second-order valence-electron chi connectivity index (χ2n) is 34.4. The third-order valence-corrected chi connectivity index (χ3v) is 51.8. The van der Waals surface area contributed by atoms with E-state index in [1.54, 1.807) is 50.6 Å². The second kappa shape index (κ2) is 59.3. The number of unbranched alkanes of at least 4 members (excludes halogenated alkanes) is 3. The van der Waals surface area contributed by atoms with E-state index in [1.807, 2.05) is 36.4 Å². The minimum absolute atomic E-state index is 0.0174. The van der Waals surface area contributed by atoms with Crippen LogP contribution >= 0.6 is 128 Å². The first-order chi connectivity index (χ1) is 66.3. The molecule has 2 aromatic carbocycles. The number of nitrogens with zero attached hydrogens (tertiary/aromatic N) is 10. The van der Waals surface area contributed by atoms with Gasteiger partial charge in [0.05, 0.1) is 106 Å². The summed E-state index contributed by atoms with van der Waals surface area (Å²) in [6.07, 6.45) is 22.4. The van der Waals surface area contributed by atoms with Crippen LogP contribution in [0.2, 0.25) is 57.8 Å². The average Bonchev–Trinajstić information content (AvgIpc) is 1.63. The zero-order valence-electron chi connectivity index (χ0n) is 80.9. The molecule has 7 aromatic rings. The Bertz CT molecular complexity index is 5320. The number of fused-ring (bicyclic) bond motifs is 4. The van der Waals surface area contributed by atoms with Gasteiger partial charge in [0, 0.05) is 93.1 Å². The number of thiazole rings is 5. The number of amides is 4. The van der Waals surface area contributed by atoms with Gasteiger partial charge < -0.3 is 73.7 Å². The summed E-state index contributed by atoms with van der Waals surface area (Å²) in [5.74, 6) is -1.47. The normalized spacial score (nSPS) is 16.4. The van der Waals surface area contributed by atoms with Gasteiger partial charge in [-0.3, -0.25) is 14.4 Å². The van der Waals surface area contributed by atoms with Crippen LogP contribution in [-0.4, -0.2) is 303 Å². The van der Waals surface area contributed by atoms with Crippen LogP contribution in [0.25, 0.3) is 19.7 Å². The summed E-state index contributed by atoms with van der Waals surface area (Å²) >= 11 is 24.8. The van der Waals surface area contributed by atoms with Crippen molar-refractivity contribution in [1.29, 1.82) is 0 Å². The Morgan fingerprint density at radius 1 is 0.536 bits per heavy atom. The molecule has 5 aromatic heterocycles. The molecule has 0 unspecified atom stereocenters. The van der Waals surface area contributed by atoms with E-state index in [2.05, 4.69) is 196 Å². The van der Waals surface area contributed by atoms with Crippen LogP contribution in [-0.2, 0) is 37.9 Å². The quantitative estimate of drug-likeness (QED) is 0.0134. The van der Waals surface area contributed by atoms with Crippen molar-refractivity contribution in [3.8, 4) is 0 Å². The molecule has 5 fully saturated rings. The van der Waals surface area contributed by atoms with Crippen molar-refractivity contribution >= 4 is 260 Å². The van der Waals surface area contributed by atoms with Gasteiger partial charge in [0.15, 0.2) is 20.5 Å². The summed E-state index contributed by atoms with van der Waals surface area (Å²) in [5, 5.41) is 16.6. The number of benzene rings is 2. The van der Waals surface area contributed by atoms with Gasteiger partial charge in [-0.2, -0.15) is 0 Å². The first-order valence-electron chi connectivity index (χ1n) is 46.5. The molecule has 138 heavy (non-hydrogen) atoms. The van der Waals surface area contributed by atoms with E-state index in [0.717, 1.165) is 173 Å². The van der Waals surface area contributed by atoms with Crippen LogP contribution in [0.5, 0.6) is 0 Å². The van der Waals surface area contributed by atoms with Crippen molar-refractivity contribution in [3.05, 3.63) is 166 Å². The second-order valence-corrected chi connectivity index (χ2v) is 74.8. The molecule has 0 aliphatic carbocycles. The van der Waals surface area contributed by atoms with E-state index in [-0.39, 0.29) is 35.2 Å². The molecule has 31 nitrogen and oxygen atoms in total. The molecule has 7 N–H and O–H groups in total. The number of morpholine rings is 5. The molecule has 0 spiro atoms. The summed E-state index contributed by atoms with van der Waals surface area (Å²) in [7, 11) is 1.63. The summed E-state index contributed by atoms with van der Waals surface area (Å²) in [6, 6.07) is 10.2.